The normalized spacial score (nSPS) is 16.5. The number of hydrogen-bond acceptors (Lipinski definition) is 4. The van der Waals surface area contributed by atoms with Crippen LogP contribution in [0.5, 0.6) is 5.75 Å². The van der Waals surface area contributed by atoms with Crippen molar-refractivity contribution >= 4 is 29.0 Å². The molecule has 0 aromatic heterocycles. The van der Waals surface area contributed by atoms with Gasteiger partial charge >= 0.3 is 0 Å². The molecular weight excluding hydrogens is 287 g/mol. The summed E-state index contributed by atoms with van der Waals surface area (Å²) in [6.45, 7) is 4.49. The standard InChI is InChI=1S/C13H16Cl2N2O2/c14-10-7-9(13(19)8-11(10)15)12(18)1-4-17-5-2-16-3-6-17/h7-8,16,19H,1-6H2. The molecule has 1 heterocycles. The minimum atomic E-state index is -0.116. The number of rotatable bonds is 4. The Balaban J connectivity index is 1.97. The van der Waals surface area contributed by atoms with Gasteiger partial charge in [0.1, 0.15) is 5.75 Å². The fraction of sp³-hybridized carbons (Fsp3) is 0.462. The number of benzene rings is 1. The Morgan fingerprint density at radius 3 is 2.58 bits per heavy atom. The van der Waals surface area contributed by atoms with Gasteiger partial charge in [-0.3, -0.25) is 4.79 Å². The molecule has 0 aliphatic carbocycles. The SMILES string of the molecule is O=C(CCN1CCNCC1)c1cc(Cl)c(Cl)cc1O. The largest absolute Gasteiger partial charge is 0.507 e. The maximum atomic E-state index is 12.1. The summed E-state index contributed by atoms with van der Waals surface area (Å²) >= 11 is 11.6. The summed E-state index contributed by atoms with van der Waals surface area (Å²) < 4.78 is 0. The van der Waals surface area contributed by atoms with E-state index in [1.165, 1.54) is 12.1 Å². The molecule has 2 N–H and O–H groups in total. The fourth-order valence-corrected chi connectivity index (χ4v) is 2.41. The highest BCUT2D eigenvalue weighted by molar-refractivity contribution is 6.42. The molecule has 6 heteroatoms. The number of nitrogens with one attached hydrogen (secondary N) is 1. The molecule has 4 nitrogen and oxygen atoms in total. The van der Waals surface area contributed by atoms with Crippen molar-refractivity contribution in [3.63, 3.8) is 0 Å². The lowest BCUT2D eigenvalue weighted by molar-refractivity contribution is 0.0958. The molecule has 1 saturated heterocycles. The lowest BCUT2D eigenvalue weighted by Crippen LogP contribution is -2.44. The molecule has 1 aliphatic heterocycles. The summed E-state index contributed by atoms with van der Waals surface area (Å²) in [6.07, 6.45) is 0.367. The minimum absolute atomic E-state index is 0.111. The number of ketones is 1. The zero-order chi connectivity index (χ0) is 13.8. The van der Waals surface area contributed by atoms with Crippen molar-refractivity contribution < 1.29 is 9.90 Å². The number of aromatic hydroxyl groups is 1. The third kappa shape index (κ3) is 3.83. The highest BCUT2D eigenvalue weighted by atomic mass is 35.5. The van der Waals surface area contributed by atoms with Gasteiger partial charge in [0.05, 0.1) is 15.6 Å². The van der Waals surface area contributed by atoms with Crippen molar-refractivity contribution in [3.05, 3.63) is 27.7 Å². The lowest BCUT2D eigenvalue weighted by Gasteiger charge is -2.26. The zero-order valence-corrected chi connectivity index (χ0v) is 12.0. The lowest BCUT2D eigenvalue weighted by atomic mass is 10.1. The first kappa shape index (κ1) is 14.6. The second kappa shape index (κ2) is 6.57. The quantitative estimate of drug-likeness (QED) is 0.837. The number of piperazine rings is 1. The van der Waals surface area contributed by atoms with Crippen LogP contribution in [0.3, 0.4) is 0 Å². The maximum absolute atomic E-state index is 12.1. The van der Waals surface area contributed by atoms with Crippen molar-refractivity contribution in [3.8, 4) is 5.75 Å². The van der Waals surface area contributed by atoms with E-state index in [2.05, 4.69) is 10.2 Å². The summed E-state index contributed by atoms with van der Waals surface area (Å²) in [5, 5.41) is 13.5. The van der Waals surface area contributed by atoms with Gasteiger partial charge in [0.25, 0.3) is 0 Å². The third-order valence-corrected chi connectivity index (χ3v) is 3.93. The molecule has 1 fully saturated rings. The maximum Gasteiger partial charge on any atom is 0.167 e. The van der Waals surface area contributed by atoms with Gasteiger partial charge in [0, 0.05) is 45.2 Å². The van der Waals surface area contributed by atoms with Crippen LogP contribution in [0.15, 0.2) is 12.1 Å². The number of carbonyl (C=O) groups is 1. The summed E-state index contributed by atoms with van der Waals surface area (Å²) in [5.74, 6) is -0.227. The van der Waals surface area contributed by atoms with Crippen LogP contribution in [0.25, 0.3) is 0 Å². The molecule has 1 aromatic carbocycles. The van der Waals surface area contributed by atoms with Gasteiger partial charge in [-0.1, -0.05) is 23.2 Å². The summed E-state index contributed by atoms with van der Waals surface area (Å²) in [7, 11) is 0. The number of hydrogen-bond donors (Lipinski definition) is 2. The number of phenolic OH excluding ortho intramolecular Hbond substituents is 1. The highest BCUT2D eigenvalue weighted by Gasteiger charge is 2.16. The van der Waals surface area contributed by atoms with Crippen molar-refractivity contribution in [1.29, 1.82) is 0 Å². The number of carbonyl (C=O) groups excluding carboxylic acids is 1. The van der Waals surface area contributed by atoms with Crippen molar-refractivity contribution in [2.75, 3.05) is 32.7 Å². The Bertz CT molecular complexity index is 474. The Labute approximate surface area is 122 Å². The Hall–Kier alpha value is -0.810. The van der Waals surface area contributed by atoms with Gasteiger partial charge < -0.3 is 15.3 Å². The molecule has 0 spiro atoms. The van der Waals surface area contributed by atoms with E-state index in [1.807, 2.05) is 0 Å². The average Bonchev–Trinajstić information content (AvgIpc) is 2.41. The van der Waals surface area contributed by atoms with E-state index in [0.29, 0.717) is 13.0 Å². The van der Waals surface area contributed by atoms with Crippen LogP contribution in [0, 0.1) is 0 Å². The Kier molecular flexibility index (Phi) is 5.05. The van der Waals surface area contributed by atoms with Gasteiger partial charge in [-0.25, -0.2) is 0 Å². The van der Waals surface area contributed by atoms with Crippen molar-refractivity contribution in [1.82, 2.24) is 10.2 Å². The molecule has 104 valence electrons. The average molecular weight is 303 g/mol. The van der Waals surface area contributed by atoms with Crippen molar-refractivity contribution in [2.24, 2.45) is 0 Å². The monoisotopic (exact) mass is 302 g/mol. The summed E-state index contributed by atoms with van der Waals surface area (Å²) in [6, 6.07) is 2.74. The van der Waals surface area contributed by atoms with Crippen LogP contribution in [-0.2, 0) is 0 Å². The predicted octanol–water partition coefficient (Wildman–Crippen LogP) is 2.18. The molecule has 0 amide bonds. The smallest absolute Gasteiger partial charge is 0.167 e. The molecule has 0 saturated carbocycles. The van der Waals surface area contributed by atoms with Gasteiger partial charge in [-0.05, 0) is 6.07 Å². The molecule has 0 atom stereocenters. The Morgan fingerprint density at radius 1 is 1.26 bits per heavy atom. The molecular formula is C13H16Cl2N2O2. The van der Waals surface area contributed by atoms with E-state index in [1.54, 1.807) is 0 Å². The predicted molar refractivity (Wildman–Crippen MR) is 76.4 cm³/mol. The van der Waals surface area contributed by atoms with Gasteiger partial charge in [0.2, 0.25) is 0 Å². The molecule has 19 heavy (non-hydrogen) atoms. The van der Waals surface area contributed by atoms with Gasteiger partial charge in [-0.2, -0.15) is 0 Å². The molecule has 1 aliphatic rings. The van der Waals surface area contributed by atoms with E-state index in [0.717, 1.165) is 26.2 Å². The first-order valence-corrected chi connectivity index (χ1v) is 6.98. The number of halogens is 2. The second-order valence-corrected chi connectivity index (χ2v) is 5.36. The summed E-state index contributed by atoms with van der Waals surface area (Å²) in [4.78, 5) is 14.3. The number of Topliss-reactive ketones (excluding diaryl/α,β-unsaturated/α-hetero) is 1. The molecule has 2 rings (SSSR count). The van der Waals surface area contributed by atoms with E-state index in [9.17, 15) is 9.90 Å². The Morgan fingerprint density at radius 2 is 1.89 bits per heavy atom. The summed E-state index contributed by atoms with van der Waals surface area (Å²) in [5.41, 5.74) is 0.240. The topological polar surface area (TPSA) is 52.6 Å². The second-order valence-electron chi connectivity index (χ2n) is 4.55. The van der Waals surface area contributed by atoms with E-state index >= 15 is 0 Å². The van der Waals surface area contributed by atoms with E-state index in [-0.39, 0.29) is 27.1 Å². The molecule has 0 unspecified atom stereocenters. The van der Waals surface area contributed by atoms with Crippen LogP contribution in [0.4, 0.5) is 0 Å². The first-order chi connectivity index (χ1) is 9.08. The first-order valence-electron chi connectivity index (χ1n) is 6.22. The number of phenols is 1. The molecule has 0 radical (unpaired) electrons. The third-order valence-electron chi connectivity index (χ3n) is 3.20. The van der Waals surface area contributed by atoms with Gasteiger partial charge in [-0.15, -0.1) is 0 Å². The minimum Gasteiger partial charge on any atom is -0.507 e. The van der Waals surface area contributed by atoms with E-state index in [4.69, 9.17) is 23.2 Å². The van der Waals surface area contributed by atoms with Crippen LogP contribution in [0.1, 0.15) is 16.8 Å². The number of nitrogens with zero attached hydrogens (tertiary/aromatic N) is 1. The highest BCUT2D eigenvalue weighted by Crippen LogP contribution is 2.30. The van der Waals surface area contributed by atoms with Gasteiger partial charge in [0.15, 0.2) is 5.78 Å². The molecule has 1 aromatic rings. The van der Waals surface area contributed by atoms with Crippen LogP contribution < -0.4 is 5.32 Å². The van der Waals surface area contributed by atoms with Crippen molar-refractivity contribution in [2.45, 2.75) is 6.42 Å². The van der Waals surface area contributed by atoms with Crippen LogP contribution >= 0.6 is 23.2 Å². The fourth-order valence-electron chi connectivity index (χ4n) is 2.09. The van der Waals surface area contributed by atoms with Crippen LogP contribution in [0.2, 0.25) is 10.0 Å². The molecule has 0 bridgehead atoms. The van der Waals surface area contributed by atoms with E-state index < -0.39 is 0 Å². The zero-order valence-electron chi connectivity index (χ0n) is 10.5. The van der Waals surface area contributed by atoms with Crippen LogP contribution in [-0.4, -0.2) is 48.5 Å².